The summed E-state index contributed by atoms with van der Waals surface area (Å²) >= 11 is 1.33. The number of benzene rings is 2. The number of carbonyl (C=O) groups is 2. The third-order valence-corrected chi connectivity index (χ3v) is 5.08. The van der Waals surface area contributed by atoms with Crippen LogP contribution in [-0.4, -0.2) is 53.3 Å². The van der Waals surface area contributed by atoms with Crippen LogP contribution in [0.1, 0.15) is 0 Å². The van der Waals surface area contributed by atoms with Crippen molar-refractivity contribution in [2.24, 2.45) is 0 Å². The lowest BCUT2D eigenvalue weighted by atomic mass is 10.1. The molecule has 6 nitrogen and oxygen atoms in total. The molecule has 7 heteroatoms. The monoisotopic (exact) mass is 380 g/mol. The molecule has 0 aliphatic rings. The van der Waals surface area contributed by atoms with E-state index < -0.39 is 0 Å². The van der Waals surface area contributed by atoms with Crippen molar-refractivity contribution in [3.63, 3.8) is 0 Å². The smallest absolute Gasteiger partial charge is 0.239 e. The van der Waals surface area contributed by atoms with Gasteiger partial charge in [-0.2, -0.15) is 0 Å². The molecule has 3 aromatic rings. The first-order chi connectivity index (χ1) is 13.1. The zero-order chi connectivity index (χ0) is 19.2. The number of likely N-dealkylation sites (N-methyl/N-ethyl adjacent to an activating group) is 2. The first kappa shape index (κ1) is 18.8. The Bertz CT molecular complexity index is 963. The van der Waals surface area contributed by atoms with E-state index in [2.05, 4.69) is 15.5 Å². The van der Waals surface area contributed by atoms with Crippen LogP contribution in [0.15, 0.2) is 59.6 Å². The normalized spacial score (nSPS) is 10.6. The number of nitrogens with one attached hydrogen (secondary N) is 1. The predicted octanol–water partition coefficient (Wildman–Crippen LogP) is 2.59. The average molecular weight is 380 g/mol. The summed E-state index contributed by atoms with van der Waals surface area (Å²) in [6.45, 7) is 0.0370. The molecule has 0 radical (unpaired) electrons. The summed E-state index contributed by atoms with van der Waals surface area (Å²) in [5, 5.41) is 13.9. The summed E-state index contributed by atoms with van der Waals surface area (Å²) in [7, 11) is 3.16. The van der Waals surface area contributed by atoms with E-state index in [0.29, 0.717) is 5.03 Å². The highest BCUT2D eigenvalue weighted by molar-refractivity contribution is 8.00. The summed E-state index contributed by atoms with van der Waals surface area (Å²) in [5.74, 6) is -0.147. The third-order valence-electron chi connectivity index (χ3n) is 4.12. The van der Waals surface area contributed by atoms with E-state index in [1.54, 1.807) is 14.1 Å². The van der Waals surface area contributed by atoms with Gasteiger partial charge in [0.1, 0.15) is 10.7 Å². The predicted molar refractivity (Wildman–Crippen MR) is 107 cm³/mol. The van der Waals surface area contributed by atoms with Crippen LogP contribution in [0, 0.1) is 0 Å². The van der Waals surface area contributed by atoms with Crippen LogP contribution in [0.2, 0.25) is 0 Å². The first-order valence-electron chi connectivity index (χ1n) is 8.48. The minimum atomic E-state index is -0.201. The van der Waals surface area contributed by atoms with Crippen molar-refractivity contribution in [3.05, 3.63) is 54.6 Å². The molecule has 1 heterocycles. The van der Waals surface area contributed by atoms with Crippen LogP contribution >= 0.6 is 11.8 Å². The van der Waals surface area contributed by atoms with Crippen molar-refractivity contribution in [2.45, 2.75) is 5.03 Å². The summed E-state index contributed by atoms with van der Waals surface area (Å²) in [6, 6.07) is 17.8. The minimum Gasteiger partial charge on any atom is -0.358 e. The van der Waals surface area contributed by atoms with Crippen LogP contribution in [0.5, 0.6) is 0 Å². The van der Waals surface area contributed by atoms with Crippen molar-refractivity contribution in [1.82, 2.24) is 20.4 Å². The standard InChI is InChI=1S/C20H20N4O2S/c1-21-17(25)12-24(2)18(26)13-27-20-16-11-7-6-10-15(16)19(22-23-20)14-8-4-3-5-9-14/h3-11H,12-13H2,1-2H3,(H,21,25). The number of amides is 2. The molecular formula is C20H20N4O2S. The van der Waals surface area contributed by atoms with Crippen LogP contribution in [-0.2, 0) is 9.59 Å². The fourth-order valence-corrected chi connectivity index (χ4v) is 3.53. The lowest BCUT2D eigenvalue weighted by Gasteiger charge is -2.16. The van der Waals surface area contributed by atoms with Crippen molar-refractivity contribution < 1.29 is 9.59 Å². The molecular weight excluding hydrogens is 360 g/mol. The van der Waals surface area contributed by atoms with Crippen molar-refractivity contribution in [2.75, 3.05) is 26.4 Å². The Morgan fingerprint density at radius 3 is 2.37 bits per heavy atom. The van der Waals surface area contributed by atoms with E-state index in [4.69, 9.17) is 0 Å². The Balaban J connectivity index is 1.82. The van der Waals surface area contributed by atoms with Crippen LogP contribution in [0.25, 0.3) is 22.0 Å². The van der Waals surface area contributed by atoms with E-state index in [1.165, 1.54) is 16.7 Å². The molecule has 0 saturated carbocycles. The van der Waals surface area contributed by atoms with Gasteiger partial charge in [-0.25, -0.2) is 0 Å². The van der Waals surface area contributed by atoms with E-state index in [0.717, 1.165) is 22.0 Å². The van der Waals surface area contributed by atoms with Crippen LogP contribution < -0.4 is 5.32 Å². The minimum absolute atomic E-state index is 0.0370. The molecule has 0 fully saturated rings. The van der Waals surface area contributed by atoms with E-state index >= 15 is 0 Å². The third kappa shape index (κ3) is 4.43. The number of thioether (sulfide) groups is 1. The molecule has 0 aliphatic carbocycles. The van der Waals surface area contributed by atoms with Crippen LogP contribution in [0.3, 0.4) is 0 Å². The van der Waals surface area contributed by atoms with Gasteiger partial charge in [-0.05, 0) is 0 Å². The molecule has 27 heavy (non-hydrogen) atoms. The maximum absolute atomic E-state index is 12.3. The van der Waals surface area contributed by atoms with Gasteiger partial charge in [-0.15, -0.1) is 10.2 Å². The lowest BCUT2D eigenvalue weighted by Crippen LogP contribution is -2.37. The van der Waals surface area contributed by atoms with Gasteiger partial charge in [-0.1, -0.05) is 66.4 Å². The number of hydrogen-bond acceptors (Lipinski definition) is 5. The Hall–Kier alpha value is -2.93. The second-order valence-electron chi connectivity index (χ2n) is 5.98. The van der Waals surface area contributed by atoms with E-state index in [-0.39, 0.29) is 24.1 Å². The molecule has 0 saturated heterocycles. The second-order valence-corrected chi connectivity index (χ2v) is 6.94. The molecule has 0 spiro atoms. The SMILES string of the molecule is CNC(=O)CN(C)C(=O)CSc1nnc(-c2ccccc2)c2ccccc12. The van der Waals surface area contributed by atoms with Gasteiger partial charge in [0.05, 0.1) is 12.3 Å². The molecule has 2 amide bonds. The van der Waals surface area contributed by atoms with Gasteiger partial charge in [0.2, 0.25) is 11.8 Å². The topological polar surface area (TPSA) is 75.2 Å². The molecule has 3 rings (SSSR count). The number of nitrogens with zero attached hydrogens (tertiary/aromatic N) is 3. The molecule has 1 aromatic heterocycles. The highest BCUT2D eigenvalue weighted by atomic mass is 32.2. The maximum Gasteiger partial charge on any atom is 0.239 e. The number of carbonyl (C=O) groups excluding carboxylic acids is 2. The van der Waals surface area contributed by atoms with Gasteiger partial charge in [0.15, 0.2) is 0 Å². The van der Waals surface area contributed by atoms with Crippen molar-refractivity contribution in [1.29, 1.82) is 0 Å². The van der Waals surface area contributed by atoms with Gasteiger partial charge in [0.25, 0.3) is 0 Å². The fourth-order valence-electron chi connectivity index (χ4n) is 2.62. The zero-order valence-electron chi connectivity index (χ0n) is 15.2. The summed E-state index contributed by atoms with van der Waals surface area (Å²) in [4.78, 5) is 25.1. The van der Waals surface area contributed by atoms with Gasteiger partial charge in [0, 0.05) is 30.4 Å². The van der Waals surface area contributed by atoms with Crippen LogP contribution in [0.4, 0.5) is 0 Å². The van der Waals surface area contributed by atoms with Gasteiger partial charge < -0.3 is 10.2 Å². The maximum atomic E-state index is 12.3. The number of fused-ring (bicyclic) bond motifs is 1. The average Bonchev–Trinajstić information content (AvgIpc) is 2.72. The molecule has 0 atom stereocenters. The van der Waals surface area contributed by atoms with E-state index in [1.807, 2.05) is 54.6 Å². The van der Waals surface area contributed by atoms with Gasteiger partial charge in [-0.3, -0.25) is 9.59 Å². The quantitative estimate of drug-likeness (QED) is 0.666. The van der Waals surface area contributed by atoms with E-state index in [9.17, 15) is 9.59 Å². The lowest BCUT2D eigenvalue weighted by molar-refractivity contribution is -0.132. The first-order valence-corrected chi connectivity index (χ1v) is 9.47. The fraction of sp³-hybridized carbons (Fsp3) is 0.200. The molecule has 138 valence electrons. The molecule has 1 N–H and O–H groups in total. The molecule has 0 aliphatic heterocycles. The summed E-state index contributed by atoms with van der Waals surface area (Å²) in [6.07, 6.45) is 0. The largest absolute Gasteiger partial charge is 0.358 e. The van der Waals surface area contributed by atoms with Crippen molar-refractivity contribution in [3.8, 4) is 11.3 Å². The Labute approximate surface area is 162 Å². The van der Waals surface area contributed by atoms with Crippen molar-refractivity contribution >= 4 is 34.3 Å². The Morgan fingerprint density at radius 1 is 1.00 bits per heavy atom. The molecule has 2 aromatic carbocycles. The second kappa shape index (κ2) is 8.64. The molecule has 0 unspecified atom stereocenters. The van der Waals surface area contributed by atoms with Gasteiger partial charge >= 0.3 is 0 Å². The highest BCUT2D eigenvalue weighted by Gasteiger charge is 2.15. The zero-order valence-corrected chi connectivity index (χ0v) is 16.0. The summed E-state index contributed by atoms with van der Waals surface area (Å²) in [5.41, 5.74) is 1.82. The summed E-state index contributed by atoms with van der Waals surface area (Å²) < 4.78 is 0. The number of hydrogen-bond donors (Lipinski definition) is 1. The Kier molecular flexibility index (Phi) is 6.03. The highest BCUT2D eigenvalue weighted by Crippen LogP contribution is 2.31. The number of aromatic nitrogens is 2. The molecule has 0 bridgehead atoms. The Morgan fingerprint density at radius 2 is 1.67 bits per heavy atom. The number of rotatable bonds is 6.